The molecule has 0 spiro atoms. The van der Waals surface area contributed by atoms with Gasteiger partial charge < -0.3 is 15.4 Å². The second-order valence-electron chi connectivity index (χ2n) is 8.69. The maximum absolute atomic E-state index is 14.6. The third-order valence-electron chi connectivity index (χ3n) is 6.43. The molecule has 3 aromatic heterocycles. The van der Waals surface area contributed by atoms with Crippen LogP contribution in [0.2, 0.25) is 0 Å². The fourth-order valence-electron chi connectivity index (χ4n) is 4.63. The van der Waals surface area contributed by atoms with E-state index < -0.39 is 0 Å². The van der Waals surface area contributed by atoms with Crippen molar-refractivity contribution in [3.8, 4) is 11.6 Å². The Morgan fingerprint density at radius 3 is 3.11 bits per heavy atom. The first kappa shape index (κ1) is 22.0. The van der Waals surface area contributed by atoms with Gasteiger partial charge in [0.05, 0.1) is 35.4 Å². The highest BCUT2D eigenvalue weighted by Crippen LogP contribution is 2.33. The number of amides is 1. The van der Waals surface area contributed by atoms with Crippen LogP contribution >= 0.6 is 11.8 Å². The standard InChI is InChI=1S/C25H23FN6O2S/c1-34-24-5-4-19-25(30-24)21(6-7-27-19)32-12-15-8-16(2-3-18(15)31-32)28-11-14-9-20-22(10-17(14)26)35-13-23(33)29-20/h4-7,9-10,12,16,28H,2-3,8,11,13H2,1H3,(H,29,33). The second kappa shape index (κ2) is 8.94. The summed E-state index contributed by atoms with van der Waals surface area (Å²) in [6.07, 6.45) is 6.34. The average molecular weight is 491 g/mol. The number of aryl methyl sites for hydroxylation is 1. The third-order valence-corrected chi connectivity index (χ3v) is 7.48. The highest BCUT2D eigenvalue weighted by atomic mass is 32.2. The minimum absolute atomic E-state index is 0.0551. The Hall–Kier alpha value is -3.50. The van der Waals surface area contributed by atoms with Crippen molar-refractivity contribution in [1.82, 2.24) is 25.1 Å². The fraction of sp³-hybridized carbons (Fsp3) is 0.280. The molecular weight excluding hydrogens is 467 g/mol. The summed E-state index contributed by atoms with van der Waals surface area (Å²) in [5.74, 6) is 0.541. The number of carbonyl (C=O) groups excluding carboxylic acids is 1. The van der Waals surface area contributed by atoms with Crippen molar-refractivity contribution in [2.24, 2.45) is 0 Å². The predicted molar refractivity (Wildman–Crippen MR) is 132 cm³/mol. The number of nitrogens with one attached hydrogen (secondary N) is 2. The Balaban J connectivity index is 1.20. The van der Waals surface area contributed by atoms with Crippen LogP contribution in [0, 0.1) is 5.82 Å². The molecule has 0 radical (unpaired) electrons. The highest BCUT2D eigenvalue weighted by Gasteiger charge is 2.24. The average Bonchev–Trinajstić information content (AvgIpc) is 3.30. The summed E-state index contributed by atoms with van der Waals surface area (Å²) >= 11 is 1.36. The van der Waals surface area contributed by atoms with Crippen LogP contribution in [0.4, 0.5) is 10.1 Å². The molecular formula is C25H23FN6O2S. The lowest BCUT2D eigenvalue weighted by Gasteiger charge is -2.23. The zero-order chi connectivity index (χ0) is 23.9. The molecule has 35 heavy (non-hydrogen) atoms. The lowest BCUT2D eigenvalue weighted by atomic mass is 9.93. The number of halogens is 1. The Morgan fingerprint density at radius 1 is 1.31 bits per heavy atom. The number of rotatable bonds is 5. The SMILES string of the molecule is COc1ccc2nccc(-n3cc4c(n3)CCC(NCc3cc5c(cc3F)SCC(=O)N5)C4)c2n1. The normalized spacial score (nSPS) is 17.1. The molecule has 10 heteroatoms. The summed E-state index contributed by atoms with van der Waals surface area (Å²) in [7, 11) is 1.59. The van der Waals surface area contributed by atoms with Crippen LogP contribution in [-0.2, 0) is 24.2 Å². The second-order valence-corrected chi connectivity index (χ2v) is 9.71. The van der Waals surface area contributed by atoms with E-state index in [0.717, 1.165) is 52.1 Å². The number of pyridine rings is 2. The highest BCUT2D eigenvalue weighted by molar-refractivity contribution is 8.00. The van der Waals surface area contributed by atoms with Gasteiger partial charge in [-0.3, -0.25) is 9.78 Å². The van der Waals surface area contributed by atoms with E-state index in [0.29, 0.717) is 29.4 Å². The van der Waals surface area contributed by atoms with E-state index in [4.69, 9.17) is 9.84 Å². The number of benzene rings is 1. The Morgan fingerprint density at radius 2 is 2.23 bits per heavy atom. The summed E-state index contributed by atoms with van der Waals surface area (Å²) in [5.41, 5.74) is 5.82. The van der Waals surface area contributed by atoms with Crippen LogP contribution in [0.5, 0.6) is 5.88 Å². The molecule has 2 N–H and O–H groups in total. The molecule has 0 fully saturated rings. The summed E-state index contributed by atoms with van der Waals surface area (Å²) in [4.78, 5) is 21.4. The number of fused-ring (bicyclic) bond motifs is 3. The molecule has 2 aliphatic rings. The third kappa shape index (κ3) is 4.23. The Labute approximate surface area is 205 Å². The number of hydrogen-bond donors (Lipinski definition) is 2. The molecule has 1 aromatic carbocycles. The molecule has 1 unspecified atom stereocenters. The van der Waals surface area contributed by atoms with E-state index >= 15 is 0 Å². The Kier molecular flexibility index (Phi) is 5.62. The lowest BCUT2D eigenvalue weighted by molar-refractivity contribution is -0.113. The van der Waals surface area contributed by atoms with E-state index in [1.807, 2.05) is 23.0 Å². The van der Waals surface area contributed by atoms with Gasteiger partial charge in [0, 0.05) is 41.5 Å². The van der Waals surface area contributed by atoms with Crippen molar-refractivity contribution in [2.45, 2.75) is 36.7 Å². The topological polar surface area (TPSA) is 94.0 Å². The molecule has 0 saturated carbocycles. The van der Waals surface area contributed by atoms with Crippen molar-refractivity contribution in [3.63, 3.8) is 0 Å². The van der Waals surface area contributed by atoms with Crippen molar-refractivity contribution < 1.29 is 13.9 Å². The minimum Gasteiger partial charge on any atom is -0.481 e. The van der Waals surface area contributed by atoms with Gasteiger partial charge in [0.25, 0.3) is 0 Å². The number of nitrogens with zero attached hydrogens (tertiary/aromatic N) is 4. The van der Waals surface area contributed by atoms with Crippen LogP contribution in [0.1, 0.15) is 23.2 Å². The van der Waals surface area contributed by atoms with Gasteiger partial charge in [-0.2, -0.15) is 5.10 Å². The van der Waals surface area contributed by atoms with Gasteiger partial charge in [0.2, 0.25) is 11.8 Å². The fourth-order valence-corrected chi connectivity index (χ4v) is 5.44. The maximum Gasteiger partial charge on any atom is 0.234 e. The zero-order valence-corrected chi connectivity index (χ0v) is 19.9. The maximum atomic E-state index is 14.6. The van der Waals surface area contributed by atoms with Crippen molar-refractivity contribution in [3.05, 3.63) is 65.4 Å². The molecule has 178 valence electrons. The number of aromatic nitrogens is 4. The summed E-state index contributed by atoms with van der Waals surface area (Å²) in [6, 6.07) is 9.04. The smallest absolute Gasteiger partial charge is 0.234 e. The van der Waals surface area contributed by atoms with Gasteiger partial charge in [0.15, 0.2) is 0 Å². The van der Waals surface area contributed by atoms with Crippen LogP contribution in [-0.4, -0.2) is 44.6 Å². The molecule has 1 amide bonds. The molecule has 0 saturated heterocycles. The van der Waals surface area contributed by atoms with Crippen LogP contribution in [0.3, 0.4) is 0 Å². The van der Waals surface area contributed by atoms with Gasteiger partial charge in [-0.1, -0.05) is 0 Å². The molecule has 6 rings (SSSR count). The summed E-state index contributed by atoms with van der Waals surface area (Å²) in [6.45, 7) is 0.395. The molecule has 0 bridgehead atoms. The number of anilines is 1. The van der Waals surface area contributed by atoms with E-state index in [1.54, 1.807) is 25.4 Å². The van der Waals surface area contributed by atoms with Crippen molar-refractivity contribution in [2.75, 3.05) is 18.2 Å². The zero-order valence-electron chi connectivity index (χ0n) is 19.0. The summed E-state index contributed by atoms with van der Waals surface area (Å²) < 4.78 is 21.8. The molecule has 1 aliphatic heterocycles. The van der Waals surface area contributed by atoms with Gasteiger partial charge in [-0.05, 0) is 49.1 Å². The molecule has 1 atom stereocenters. The van der Waals surface area contributed by atoms with Gasteiger partial charge >= 0.3 is 0 Å². The predicted octanol–water partition coefficient (Wildman–Crippen LogP) is 3.65. The van der Waals surface area contributed by atoms with Crippen LogP contribution < -0.4 is 15.4 Å². The van der Waals surface area contributed by atoms with Crippen molar-refractivity contribution >= 4 is 34.4 Å². The number of methoxy groups -OCH3 is 1. The van der Waals surface area contributed by atoms with Crippen LogP contribution in [0.15, 0.2) is 47.6 Å². The van der Waals surface area contributed by atoms with Gasteiger partial charge in [0.1, 0.15) is 11.3 Å². The molecule has 1 aliphatic carbocycles. The van der Waals surface area contributed by atoms with E-state index in [-0.39, 0.29) is 17.8 Å². The lowest BCUT2D eigenvalue weighted by Crippen LogP contribution is -2.34. The monoisotopic (exact) mass is 490 g/mol. The van der Waals surface area contributed by atoms with Crippen molar-refractivity contribution in [1.29, 1.82) is 0 Å². The number of thioether (sulfide) groups is 1. The molecule has 4 aromatic rings. The summed E-state index contributed by atoms with van der Waals surface area (Å²) in [5, 5.41) is 11.2. The van der Waals surface area contributed by atoms with E-state index in [2.05, 4.69) is 20.6 Å². The van der Waals surface area contributed by atoms with E-state index in [9.17, 15) is 9.18 Å². The Bertz CT molecular complexity index is 1460. The largest absolute Gasteiger partial charge is 0.481 e. The number of carbonyl (C=O) groups is 1. The number of hydrogen-bond acceptors (Lipinski definition) is 7. The first-order chi connectivity index (χ1) is 17.1. The first-order valence-electron chi connectivity index (χ1n) is 11.4. The van der Waals surface area contributed by atoms with Gasteiger partial charge in [-0.25, -0.2) is 14.1 Å². The molecule has 4 heterocycles. The quantitative estimate of drug-likeness (QED) is 0.441. The number of ether oxygens (including phenoxy) is 1. The van der Waals surface area contributed by atoms with Gasteiger partial charge in [-0.15, -0.1) is 11.8 Å². The minimum atomic E-state index is -0.253. The molecule has 8 nitrogen and oxygen atoms in total. The van der Waals surface area contributed by atoms with E-state index in [1.165, 1.54) is 17.8 Å². The van der Waals surface area contributed by atoms with Crippen LogP contribution in [0.25, 0.3) is 16.7 Å². The first-order valence-corrected chi connectivity index (χ1v) is 12.4.